The second-order valence-electron chi connectivity index (χ2n) is 11.2. The summed E-state index contributed by atoms with van der Waals surface area (Å²) in [6.45, 7) is 3.63. The van der Waals surface area contributed by atoms with Crippen molar-refractivity contribution in [2.75, 3.05) is 20.8 Å². The van der Waals surface area contributed by atoms with Crippen molar-refractivity contribution in [1.29, 1.82) is 0 Å². The second kappa shape index (κ2) is 16.8. The minimum Gasteiger partial charge on any atom is -0.507 e. The molecule has 256 valence electrons. The normalized spacial score (nSPS) is 13.7. The van der Waals surface area contributed by atoms with Crippen LogP contribution in [0.25, 0.3) is 12.2 Å². The molecular weight excluding hydrogens is 648 g/mol. The molecule has 0 radical (unpaired) electrons. The van der Waals surface area contributed by atoms with Crippen LogP contribution >= 0.6 is 12.2 Å². The monoisotopic (exact) mass is 686 g/mol. The summed E-state index contributed by atoms with van der Waals surface area (Å²) in [5, 5.41) is 22.5. The minimum absolute atomic E-state index is 0.0665. The van der Waals surface area contributed by atoms with E-state index in [1.165, 1.54) is 32.2 Å². The molecule has 4 rings (SSSR count). The molecule has 1 aliphatic rings. The van der Waals surface area contributed by atoms with Gasteiger partial charge in [-0.1, -0.05) is 68.1 Å². The predicted octanol–water partition coefficient (Wildman–Crippen LogP) is 4.81. The number of allylic oxidation sites excluding steroid dienone is 2. The zero-order valence-electron chi connectivity index (χ0n) is 27.7. The van der Waals surface area contributed by atoms with Gasteiger partial charge in [0.2, 0.25) is 5.76 Å². The van der Waals surface area contributed by atoms with Crippen LogP contribution in [0, 0.1) is 0 Å². The number of ether oxygens (including phenoxy) is 3. The van der Waals surface area contributed by atoms with Gasteiger partial charge >= 0.3 is 11.9 Å². The molecule has 0 amide bonds. The number of rotatable bonds is 14. The van der Waals surface area contributed by atoms with Crippen LogP contribution in [-0.2, 0) is 15.9 Å². The third kappa shape index (κ3) is 8.48. The van der Waals surface area contributed by atoms with Gasteiger partial charge in [-0.25, -0.2) is 9.59 Å². The first-order valence-electron chi connectivity index (χ1n) is 15.7. The summed E-state index contributed by atoms with van der Waals surface area (Å²) in [6.07, 6.45) is 10.5. The van der Waals surface area contributed by atoms with Gasteiger partial charge in [0.1, 0.15) is 16.9 Å². The lowest BCUT2D eigenvalue weighted by atomic mass is 9.86. The molecule has 3 aromatic rings. The summed E-state index contributed by atoms with van der Waals surface area (Å²) in [6, 6.07) is 9.37. The van der Waals surface area contributed by atoms with Crippen LogP contribution in [0.3, 0.4) is 0 Å². The molecule has 10 nitrogen and oxygen atoms in total. The van der Waals surface area contributed by atoms with Gasteiger partial charge in [-0.3, -0.25) is 9.59 Å². The predicted molar refractivity (Wildman–Crippen MR) is 188 cm³/mol. The number of carbonyl (C=O) groups is 3. The Morgan fingerprint density at radius 1 is 1.08 bits per heavy atom. The molecule has 2 atom stereocenters. The fraction of sp³-hybridized carbons (Fsp3) is 0.289. The Balaban J connectivity index is 1.67. The number of hydrogen-bond donors (Lipinski definition) is 2. The highest BCUT2D eigenvalue weighted by Gasteiger charge is 2.31. The van der Waals surface area contributed by atoms with Gasteiger partial charge < -0.3 is 28.8 Å². The molecule has 0 bridgehead atoms. The molecule has 0 unspecified atom stereocenters. The third-order valence-corrected chi connectivity index (χ3v) is 8.22. The van der Waals surface area contributed by atoms with E-state index in [9.17, 15) is 29.4 Å². The molecule has 0 spiro atoms. The van der Waals surface area contributed by atoms with E-state index in [1.54, 1.807) is 54.6 Å². The lowest BCUT2D eigenvalue weighted by molar-refractivity contribution is 0.0552. The molecule has 49 heavy (non-hydrogen) atoms. The SMILES string of the molecule is CCCc1c(OCC/C=C\C=C\[C@@H](c2c(C(=O)OC)oc3c(c2=O)=CCC(=S)C=3)[C@@H](O)c2cccc(C(=O)OC)c2)ccc(C(C)=O)c1O. The fourth-order valence-electron chi connectivity index (χ4n) is 5.49. The number of phenols is 1. The average molecular weight is 687 g/mol. The molecule has 11 heteroatoms. The Morgan fingerprint density at radius 3 is 2.53 bits per heavy atom. The first-order valence-corrected chi connectivity index (χ1v) is 16.1. The zero-order chi connectivity index (χ0) is 35.7. The first kappa shape index (κ1) is 36.7. The number of aliphatic hydroxyl groups is 1. The van der Waals surface area contributed by atoms with E-state index in [0.29, 0.717) is 41.0 Å². The molecule has 0 saturated heterocycles. The molecule has 0 saturated carbocycles. The smallest absolute Gasteiger partial charge is 0.374 e. The van der Waals surface area contributed by atoms with Crippen LogP contribution in [0.15, 0.2) is 69.9 Å². The highest BCUT2D eigenvalue weighted by Crippen LogP contribution is 2.34. The summed E-state index contributed by atoms with van der Waals surface area (Å²) < 4.78 is 21.6. The maximum atomic E-state index is 14.0. The van der Waals surface area contributed by atoms with E-state index in [4.69, 9.17) is 30.8 Å². The maximum Gasteiger partial charge on any atom is 0.374 e. The largest absolute Gasteiger partial charge is 0.507 e. The van der Waals surface area contributed by atoms with Crippen LogP contribution in [0.2, 0.25) is 0 Å². The Labute approximate surface area is 288 Å². The molecular formula is C38H38O10S. The Hall–Kier alpha value is -5.13. The number of aromatic hydroxyl groups is 1. The number of hydrogen-bond acceptors (Lipinski definition) is 11. The number of methoxy groups -OCH3 is 2. The summed E-state index contributed by atoms with van der Waals surface area (Å²) in [5.41, 5.74) is 0.784. The highest BCUT2D eigenvalue weighted by molar-refractivity contribution is 7.81. The van der Waals surface area contributed by atoms with E-state index in [0.717, 1.165) is 13.5 Å². The topological polar surface area (TPSA) is 150 Å². The Kier molecular flexibility index (Phi) is 12.6. The van der Waals surface area contributed by atoms with E-state index in [2.05, 4.69) is 0 Å². The van der Waals surface area contributed by atoms with Gasteiger partial charge in [0.25, 0.3) is 0 Å². The van der Waals surface area contributed by atoms with E-state index < -0.39 is 29.4 Å². The summed E-state index contributed by atoms with van der Waals surface area (Å²) in [4.78, 5) is 51.6. The summed E-state index contributed by atoms with van der Waals surface area (Å²) in [5.74, 6) is -2.82. The first-order chi connectivity index (χ1) is 23.5. The van der Waals surface area contributed by atoms with Crippen molar-refractivity contribution in [2.24, 2.45) is 0 Å². The number of thiocarbonyl (C=S) groups is 1. The number of Topliss-reactive ketones (excluding diaryl/α,β-unsaturated/α-hetero) is 1. The summed E-state index contributed by atoms with van der Waals surface area (Å²) in [7, 11) is 2.40. The van der Waals surface area contributed by atoms with Gasteiger partial charge in [-0.15, -0.1) is 0 Å². The van der Waals surface area contributed by atoms with Crippen LogP contribution < -0.4 is 20.8 Å². The van der Waals surface area contributed by atoms with Gasteiger partial charge in [-0.2, -0.15) is 0 Å². The Bertz CT molecular complexity index is 2000. The number of aliphatic hydroxyl groups excluding tert-OH is 1. The van der Waals surface area contributed by atoms with Crippen molar-refractivity contribution in [3.63, 3.8) is 0 Å². The lowest BCUT2D eigenvalue weighted by Crippen LogP contribution is -2.45. The zero-order valence-corrected chi connectivity index (χ0v) is 28.5. The number of carbonyl (C=O) groups excluding carboxylic acids is 3. The molecule has 1 heterocycles. The fourth-order valence-corrected chi connectivity index (χ4v) is 5.68. The van der Waals surface area contributed by atoms with Crippen LogP contribution in [-0.4, -0.2) is 53.6 Å². The van der Waals surface area contributed by atoms with Crippen LogP contribution in [0.4, 0.5) is 0 Å². The highest BCUT2D eigenvalue weighted by atomic mass is 32.1. The minimum atomic E-state index is -1.40. The third-order valence-electron chi connectivity index (χ3n) is 7.93. The van der Waals surface area contributed by atoms with Gasteiger partial charge in [0.15, 0.2) is 11.2 Å². The van der Waals surface area contributed by atoms with Crippen LogP contribution in [0.5, 0.6) is 11.5 Å². The van der Waals surface area contributed by atoms with Crippen molar-refractivity contribution in [1.82, 2.24) is 0 Å². The van der Waals surface area contributed by atoms with Gasteiger partial charge in [0.05, 0.1) is 48.8 Å². The molecule has 1 aromatic heterocycles. The van der Waals surface area contributed by atoms with Gasteiger partial charge in [-0.05, 0) is 55.7 Å². The van der Waals surface area contributed by atoms with Crippen molar-refractivity contribution in [2.45, 2.75) is 51.6 Å². The van der Waals surface area contributed by atoms with Crippen LogP contribution in [0.1, 0.15) is 93.1 Å². The number of phenolic OH excluding ortho intramolecular Hbond substituents is 1. The van der Waals surface area contributed by atoms with Gasteiger partial charge in [0, 0.05) is 22.8 Å². The standard InChI is InChI=1S/C38H38O10S/c1-5-11-27-30(18-17-26(22(2)39)34(27)41)47-19-9-7-6-8-14-29(33(40)23-12-10-13-24(20-23)37(43)45-3)32-35(42)28-16-15-25(49)21-31(28)48-36(32)38(44)46-4/h6-8,10,12-14,16-18,20-21,29,33,40-41H,5,9,11,15,19H2,1-4H3/b7-6-,14-8+/t29-,33-/m0/s1. The number of fused-ring (bicyclic) bond motifs is 1. The van der Waals surface area contributed by atoms with Crippen molar-refractivity contribution < 1.29 is 43.2 Å². The Morgan fingerprint density at radius 2 is 1.84 bits per heavy atom. The quantitative estimate of drug-likeness (QED) is 0.0791. The molecule has 0 fully saturated rings. The molecule has 2 N–H and O–H groups in total. The van der Waals surface area contributed by atoms with E-state index in [1.807, 2.05) is 6.92 Å². The summed E-state index contributed by atoms with van der Waals surface area (Å²) >= 11 is 5.27. The lowest BCUT2D eigenvalue weighted by Gasteiger charge is -2.22. The number of benzene rings is 2. The second-order valence-corrected chi connectivity index (χ2v) is 11.8. The molecule has 2 aromatic carbocycles. The van der Waals surface area contributed by atoms with E-state index >= 15 is 0 Å². The van der Waals surface area contributed by atoms with E-state index in [-0.39, 0.29) is 51.2 Å². The van der Waals surface area contributed by atoms with Crippen molar-refractivity contribution in [3.05, 3.63) is 115 Å². The van der Waals surface area contributed by atoms with Crippen molar-refractivity contribution >= 4 is 47.0 Å². The average Bonchev–Trinajstić information content (AvgIpc) is 3.09. The number of esters is 2. The molecule has 0 aliphatic heterocycles. The van der Waals surface area contributed by atoms with Crippen molar-refractivity contribution in [3.8, 4) is 11.5 Å². The maximum absolute atomic E-state index is 14.0. The number of ketones is 1. The molecule has 1 aliphatic carbocycles.